The fourth-order valence-corrected chi connectivity index (χ4v) is 13.3. The van der Waals surface area contributed by atoms with Gasteiger partial charge in [-0.15, -0.1) is 0 Å². The molecule has 0 aromatic heterocycles. The summed E-state index contributed by atoms with van der Waals surface area (Å²) in [6.07, 6.45) is 4.38. The Morgan fingerprint density at radius 2 is 0.969 bits per heavy atom. The zero-order valence-corrected chi connectivity index (χ0v) is 37.6. The predicted molar refractivity (Wildman–Crippen MR) is 276 cm³/mol. The number of nitrogens with one attached hydrogen (secondary N) is 1. The highest BCUT2D eigenvalue weighted by Gasteiger charge is 2.48. The van der Waals surface area contributed by atoms with Crippen LogP contribution in [0.2, 0.25) is 0 Å². The molecule has 8 aromatic carbocycles. The molecule has 0 spiro atoms. The van der Waals surface area contributed by atoms with Gasteiger partial charge in [-0.1, -0.05) is 66.7 Å². The van der Waals surface area contributed by atoms with Crippen molar-refractivity contribution in [3.05, 3.63) is 156 Å². The molecule has 0 amide bonds. The lowest BCUT2D eigenvalue weighted by molar-refractivity contribution is 0.487. The van der Waals surface area contributed by atoms with Crippen molar-refractivity contribution in [2.75, 3.05) is 31.3 Å². The zero-order valence-electron chi connectivity index (χ0n) is 36.0. The summed E-state index contributed by atoms with van der Waals surface area (Å²) in [4.78, 5) is 2.45. The molecule has 0 unspecified atom stereocenters. The Labute approximate surface area is 383 Å². The van der Waals surface area contributed by atoms with E-state index >= 15 is 0 Å². The zero-order chi connectivity index (χ0) is 42.7. The molecule has 11 heteroatoms. The van der Waals surface area contributed by atoms with E-state index in [0.717, 1.165) is 40.1 Å². The molecule has 1 N–H and O–H groups in total. The van der Waals surface area contributed by atoms with Crippen molar-refractivity contribution in [2.24, 2.45) is 0 Å². The van der Waals surface area contributed by atoms with Crippen molar-refractivity contribution >= 4 is 144 Å². The van der Waals surface area contributed by atoms with E-state index in [1.807, 2.05) is 0 Å². The molecule has 0 fully saturated rings. The number of nitrogens with zero attached hydrogens (tertiary/aromatic N) is 3. The smallest absolute Gasteiger partial charge is 0.256 e. The fraction of sp³-hybridized carbons (Fsp3) is 0.0943. The second-order valence-electron chi connectivity index (χ2n) is 17.9. The maximum Gasteiger partial charge on any atom is 0.256 e. The van der Waals surface area contributed by atoms with Gasteiger partial charge in [0.1, 0.15) is 23.0 Å². The minimum Gasteiger partial charge on any atom is -0.458 e. The molecule has 64 heavy (non-hydrogen) atoms. The van der Waals surface area contributed by atoms with Gasteiger partial charge in [0.2, 0.25) is 0 Å². The highest BCUT2D eigenvalue weighted by molar-refractivity contribution is 8.00. The van der Waals surface area contributed by atoms with E-state index < -0.39 is 0 Å². The molecule has 0 saturated carbocycles. The van der Waals surface area contributed by atoms with Crippen LogP contribution in [-0.2, 0) is 0 Å². The van der Waals surface area contributed by atoms with Crippen LogP contribution in [0.25, 0.3) is 0 Å². The number of fused-ring (bicyclic) bond motifs is 12. The Morgan fingerprint density at radius 3 is 1.67 bits per heavy atom. The van der Waals surface area contributed by atoms with Gasteiger partial charge < -0.3 is 19.7 Å². The average molecular weight is 860 g/mol. The summed E-state index contributed by atoms with van der Waals surface area (Å²) in [5.74, 6) is 3.70. The third-order valence-corrected chi connectivity index (χ3v) is 15.7. The molecule has 8 aromatic rings. The van der Waals surface area contributed by atoms with Crippen LogP contribution in [0.1, 0.15) is 16.7 Å². The Morgan fingerprint density at radius 1 is 0.406 bits per heavy atom. The van der Waals surface area contributed by atoms with Gasteiger partial charge in [-0.3, -0.25) is 8.61 Å². The van der Waals surface area contributed by atoms with Crippen LogP contribution in [0.5, 0.6) is 23.0 Å². The molecule has 0 bridgehead atoms. The van der Waals surface area contributed by atoms with E-state index in [0.29, 0.717) is 0 Å². The average Bonchev–Trinajstić information content (AvgIpc) is 3.30. The van der Waals surface area contributed by atoms with Crippen LogP contribution in [-0.4, -0.2) is 32.6 Å². The second-order valence-corrected chi connectivity index (χ2v) is 19.4. The van der Waals surface area contributed by atoms with Gasteiger partial charge in [0.15, 0.2) is 0 Å². The molecule has 304 valence electrons. The summed E-state index contributed by atoms with van der Waals surface area (Å²) in [7, 11) is 0. The molecule has 6 aliphatic rings. The summed E-state index contributed by atoms with van der Waals surface area (Å²) in [6.45, 7) is 6.52. The molecule has 0 aliphatic carbocycles. The van der Waals surface area contributed by atoms with E-state index in [9.17, 15) is 0 Å². The molecule has 6 aliphatic heterocycles. The molecular formula is C53H39B3N4O2S2. The van der Waals surface area contributed by atoms with Gasteiger partial charge in [0.25, 0.3) is 20.1 Å². The van der Waals surface area contributed by atoms with Crippen molar-refractivity contribution < 1.29 is 9.47 Å². The van der Waals surface area contributed by atoms with Crippen LogP contribution in [0, 0.1) is 20.8 Å². The maximum atomic E-state index is 7.15. The number of rotatable bonds is 3. The van der Waals surface area contributed by atoms with Gasteiger partial charge in [-0.25, -0.2) is 0 Å². The minimum atomic E-state index is -0.0708. The second kappa shape index (κ2) is 13.3. The topological polar surface area (TPSA) is 40.2 Å². The van der Waals surface area contributed by atoms with Gasteiger partial charge in [-0.05, 0) is 177 Å². The van der Waals surface area contributed by atoms with E-state index in [4.69, 9.17) is 9.47 Å². The van der Waals surface area contributed by atoms with Crippen LogP contribution in [0.15, 0.2) is 140 Å². The van der Waals surface area contributed by atoms with Crippen LogP contribution in [0.4, 0.5) is 51.2 Å². The first-order chi connectivity index (χ1) is 31.4. The summed E-state index contributed by atoms with van der Waals surface area (Å²) in [5.41, 5.74) is 25.5. The first-order valence-corrected chi connectivity index (χ1v) is 24.4. The fourth-order valence-electron chi connectivity index (χ4n) is 11.9. The lowest BCUT2D eigenvalue weighted by Gasteiger charge is -2.44. The van der Waals surface area contributed by atoms with E-state index in [-0.39, 0.29) is 20.1 Å². The number of benzene rings is 8. The normalized spacial score (nSPS) is 14.6. The molecule has 6 heterocycles. The van der Waals surface area contributed by atoms with Crippen LogP contribution in [0.3, 0.4) is 0 Å². The van der Waals surface area contributed by atoms with Crippen molar-refractivity contribution in [1.82, 2.24) is 0 Å². The van der Waals surface area contributed by atoms with Crippen molar-refractivity contribution in [2.45, 2.75) is 20.8 Å². The Hall–Kier alpha value is -6.55. The number of para-hydroxylation sites is 3. The van der Waals surface area contributed by atoms with Crippen LogP contribution >= 0.6 is 23.9 Å². The monoisotopic (exact) mass is 860 g/mol. The number of hydrogen-bond donors (Lipinski definition) is 1. The van der Waals surface area contributed by atoms with Gasteiger partial charge >= 0.3 is 0 Å². The molecule has 6 nitrogen and oxygen atoms in total. The Bertz CT molecular complexity index is 3400. The summed E-state index contributed by atoms with van der Waals surface area (Å²) in [6, 6.07) is 52.0. The first kappa shape index (κ1) is 36.9. The van der Waals surface area contributed by atoms with E-state index in [1.54, 1.807) is 23.9 Å². The molecule has 0 radical (unpaired) electrons. The first-order valence-electron chi connectivity index (χ1n) is 22.0. The largest absolute Gasteiger partial charge is 0.458 e. The number of aryl methyl sites for hydroxylation is 3. The van der Waals surface area contributed by atoms with Gasteiger partial charge in [0, 0.05) is 58.4 Å². The number of anilines is 9. The minimum absolute atomic E-state index is 0.0117. The highest BCUT2D eigenvalue weighted by Crippen LogP contribution is 2.46. The number of hydrogen-bond acceptors (Lipinski definition) is 8. The van der Waals surface area contributed by atoms with Gasteiger partial charge in [0.05, 0.1) is 11.4 Å². The van der Waals surface area contributed by atoms with E-state index in [2.05, 4.69) is 192 Å². The van der Waals surface area contributed by atoms with Crippen molar-refractivity contribution in [3.63, 3.8) is 0 Å². The lowest BCUT2D eigenvalue weighted by atomic mass is 9.29. The quantitative estimate of drug-likeness (QED) is 0.144. The molecule has 14 rings (SSSR count). The molecular weight excluding hydrogens is 821 g/mol. The van der Waals surface area contributed by atoms with Crippen LogP contribution < -0.4 is 77.5 Å². The van der Waals surface area contributed by atoms with Crippen molar-refractivity contribution in [1.29, 1.82) is 0 Å². The SMILES string of the molecule is CSN1c2cc3c(cc2B2c4ccccc4Oc4cc(C)cc1c42)B1c2cc4c(cc2Oc2cc(C)cc(c21)N3SC)Nc1cc(C)cc2c1B4c1ccccc1N2c1ccccc1. The summed E-state index contributed by atoms with van der Waals surface area (Å²) >= 11 is 3.52. The third-order valence-electron chi connectivity index (χ3n) is 14.2. The standard InChI is InChI=1S/C53H39B3N4O2S2/c1-29-19-40-51-44(20-29)58(32-13-7-6-8-14-32)41-17-11-9-15-33(41)54(51)35-25-38-48(27-39(35)57-40)62-50-24-31(3)22-46-53(50)56(38)37-26-36-42(28-43(37)60(46)64-5)59(63-4)45-21-30(2)23-49-52(45)55(36)34-16-10-12-18-47(34)61-49/h6-28,57H,1-5H3. The maximum absolute atomic E-state index is 7.15. The Kier molecular flexibility index (Phi) is 7.64. The molecule has 0 saturated heterocycles. The van der Waals surface area contributed by atoms with Gasteiger partial charge in [-0.2, -0.15) is 0 Å². The predicted octanol–water partition coefficient (Wildman–Crippen LogP) is 7.67. The number of ether oxygens (including phenoxy) is 2. The van der Waals surface area contributed by atoms with Crippen molar-refractivity contribution in [3.8, 4) is 23.0 Å². The Balaban J connectivity index is 1.02. The third kappa shape index (κ3) is 4.89. The highest BCUT2D eigenvalue weighted by atomic mass is 32.2. The summed E-state index contributed by atoms with van der Waals surface area (Å²) < 4.78 is 18.8. The lowest BCUT2D eigenvalue weighted by Crippen LogP contribution is -2.65. The molecule has 0 atom stereocenters. The van der Waals surface area contributed by atoms with E-state index in [1.165, 1.54) is 100.0 Å². The summed E-state index contributed by atoms with van der Waals surface area (Å²) in [5, 5.41) is 3.96.